The Labute approximate surface area is 143 Å². The third-order valence-electron chi connectivity index (χ3n) is 3.14. The minimum Gasteiger partial charge on any atom is -0.478 e. The molecule has 4 nitrogen and oxygen atoms in total. The summed E-state index contributed by atoms with van der Waals surface area (Å²) in [4.78, 5) is 23.2. The number of aromatic carboxylic acids is 1. The Kier molecular flexibility index (Phi) is 5.42. The van der Waals surface area contributed by atoms with Gasteiger partial charge >= 0.3 is 5.97 Å². The summed E-state index contributed by atoms with van der Waals surface area (Å²) in [6.07, 6.45) is 1.37. The van der Waals surface area contributed by atoms with Crippen LogP contribution in [0.5, 0.6) is 0 Å². The summed E-state index contributed by atoms with van der Waals surface area (Å²) >= 11 is 11.8. The van der Waals surface area contributed by atoms with Gasteiger partial charge in [-0.05, 0) is 42.3 Å². The molecular weight excluding hydrogens is 337 g/mol. The van der Waals surface area contributed by atoms with E-state index in [9.17, 15) is 9.59 Å². The highest BCUT2D eigenvalue weighted by Crippen LogP contribution is 2.26. The number of allylic oxidation sites excluding steroid dienone is 1. The van der Waals surface area contributed by atoms with Crippen molar-refractivity contribution in [3.63, 3.8) is 0 Å². The summed E-state index contributed by atoms with van der Waals surface area (Å²) in [5, 5.41) is 12.5. The Morgan fingerprint density at radius 3 is 2.43 bits per heavy atom. The standard InChI is InChI=1S/C17H13Cl2NO3/c1-10(11-6-7-13(18)14(19)9-11)8-16(21)20-15-5-3-2-4-12(15)17(22)23/h2-9H,1H3,(H,20,21)(H,22,23)/b10-8+. The van der Waals surface area contributed by atoms with Gasteiger partial charge in [-0.25, -0.2) is 4.79 Å². The summed E-state index contributed by atoms with van der Waals surface area (Å²) in [7, 11) is 0. The van der Waals surface area contributed by atoms with Crippen molar-refractivity contribution in [2.24, 2.45) is 0 Å². The largest absolute Gasteiger partial charge is 0.478 e. The number of carboxylic acid groups (broad SMARTS) is 1. The second-order valence-electron chi connectivity index (χ2n) is 4.80. The van der Waals surface area contributed by atoms with E-state index in [1.54, 1.807) is 37.3 Å². The van der Waals surface area contributed by atoms with E-state index < -0.39 is 11.9 Å². The van der Waals surface area contributed by atoms with Gasteiger partial charge in [-0.3, -0.25) is 4.79 Å². The number of benzene rings is 2. The number of nitrogens with one attached hydrogen (secondary N) is 1. The average molecular weight is 350 g/mol. The van der Waals surface area contributed by atoms with Gasteiger partial charge in [-0.1, -0.05) is 41.4 Å². The first-order chi connectivity index (χ1) is 10.9. The molecule has 0 fully saturated rings. The zero-order chi connectivity index (χ0) is 17.0. The van der Waals surface area contributed by atoms with Crippen molar-refractivity contribution in [1.29, 1.82) is 0 Å². The van der Waals surface area contributed by atoms with Crippen molar-refractivity contribution >= 4 is 46.3 Å². The van der Waals surface area contributed by atoms with Crippen LogP contribution in [0.25, 0.3) is 5.57 Å². The summed E-state index contributed by atoms with van der Waals surface area (Å²) in [6.45, 7) is 1.75. The number of carbonyl (C=O) groups is 2. The topological polar surface area (TPSA) is 66.4 Å². The van der Waals surface area contributed by atoms with Crippen LogP contribution in [-0.4, -0.2) is 17.0 Å². The number of carbonyl (C=O) groups excluding carboxylic acids is 1. The number of para-hydroxylation sites is 1. The smallest absolute Gasteiger partial charge is 0.337 e. The van der Waals surface area contributed by atoms with E-state index in [1.807, 2.05) is 0 Å². The normalized spacial score (nSPS) is 11.2. The van der Waals surface area contributed by atoms with Crippen LogP contribution in [0.1, 0.15) is 22.8 Å². The van der Waals surface area contributed by atoms with E-state index in [-0.39, 0.29) is 11.3 Å². The van der Waals surface area contributed by atoms with Gasteiger partial charge in [0.15, 0.2) is 0 Å². The molecule has 0 atom stereocenters. The van der Waals surface area contributed by atoms with Gasteiger partial charge in [0.2, 0.25) is 5.91 Å². The lowest BCUT2D eigenvalue weighted by Crippen LogP contribution is -2.12. The molecule has 0 aliphatic carbocycles. The first-order valence-electron chi connectivity index (χ1n) is 6.65. The molecule has 0 aliphatic heterocycles. The van der Waals surface area contributed by atoms with Crippen LogP contribution in [0.15, 0.2) is 48.5 Å². The number of anilines is 1. The van der Waals surface area contributed by atoms with Crippen molar-refractivity contribution < 1.29 is 14.7 Å². The fourth-order valence-electron chi connectivity index (χ4n) is 1.97. The maximum absolute atomic E-state index is 12.1. The van der Waals surface area contributed by atoms with E-state index in [1.165, 1.54) is 18.2 Å². The van der Waals surface area contributed by atoms with Crippen LogP contribution in [0, 0.1) is 0 Å². The third kappa shape index (κ3) is 4.34. The van der Waals surface area contributed by atoms with E-state index in [0.29, 0.717) is 15.6 Å². The molecule has 2 aromatic carbocycles. The van der Waals surface area contributed by atoms with Crippen molar-refractivity contribution in [2.45, 2.75) is 6.92 Å². The molecule has 0 saturated carbocycles. The molecular formula is C17H13Cl2NO3. The number of hydrogen-bond acceptors (Lipinski definition) is 2. The zero-order valence-corrected chi connectivity index (χ0v) is 13.7. The van der Waals surface area contributed by atoms with Crippen LogP contribution >= 0.6 is 23.2 Å². The minimum absolute atomic E-state index is 0.0291. The molecule has 2 N–H and O–H groups in total. The van der Waals surface area contributed by atoms with Gasteiger partial charge in [0, 0.05) is 6.08 Å². The van der Waals surface area contributed by atoms with Crippen LogP contribution in [-0.2, 0) is 4.79 Å². The number of halogens is 2. The predicted octanol–water partition coefficient (Wildman–Crippen LogP) is 4.73. The minimum atomic E-state index is -1.11. The second kappa shape index (κ2) is 7.31. The molecule has 0 unspecified atom stereocenters. The van der Waals surface area contributed by atoms with Crippen LogP contribution in [0.4, 0.5) is 5.69 Å². The molecule has 2 rings (SSSR count). The van der Waals surface area contributed by atoms with E-state index >= 15 is 0 Å². The molecule has 0 radical (unpaired) electrons. The highest BCUT2D eigenvalue weighted by atomic mass is 35.5. The number of amides is 1. The SMILES string of the molecule is C/C(=C\C(=O)Nc1ccccc1C(=O)O)c1ccc(Cl)c(Cl)c1. The van der Waals surface area contributed by atoms with Gasteiger partial charge in [0.05, 0.1) is 21.3 Å². The van der Waals surface area contributed by atoms with Gasteiger partial charge in [-0.2, -0.15) is 0 Å². The monoisotopic (exact) mass is 349 g/mol. The van der Waals surface area contributed by atoms with E-state index in [0.717, 1.165) is 5.56 Å². The lowest BCUT2D eigenvalue weighted by molar-refractivity contribution is -0.111. The maximum Gasteiger partial charge on any atom is 0.337 e. The molecule has 23 heavy (non-hydrogen) atoms. The quantitative estimate of drug-likeness (QED) is 0.783. The summed E-state index contributed by atoms with van der Waals surface area (Å²) in [5.41, 5.74) is 1.69. The zero-order valence-electron chi connectivity index (χ0n) is 12.1. The van der Waals surface area contributed by atoms with Crippen molar-refractivity contribution in [3.05, 3.63) is 69.7 Å². The van der Waals surface area contributed by atoms with E-state index in [4.69, 9.17) is 28.3 Å². The summed E-state index contributed by atoms with van der Waals surface area (Å²) in [5.74, 6) is -1.53. The maximum atomic E-state index is 12.1. The first-order valence-corrected chi connectivity index (χ1v) is 7.41. The van der Waals surface area contributed by atoms with Gasteiger partial charge in [-0.15, -0.1) is 0 Å². The Bertz CT molecular complexity index is 800. The van der Waals surface area contributed by atoms with Crippen LogP contribution in [0.3, 0.4) is 0 Å². The average Bonchev–Trinajstić information content (AvgIpc) is 2.50. The fourth-order valence-corrected chi connectivity index (χ4v) is 2.27. The number of carboxylic acids is 1. The molecule has 0 spiro atoms. The van der Waals surface area contributed by atoms with Crippen molar-refractivity contribution in [3.8, 4) is 0 Å². The van der Waals surface area contributed by atoms with Crippen molar-refractivity contribution in [1.82, 2.24) is 0 Å². The highest BCUT2D eigenvalue weighted by Gasteiger charge is 2.11. The molecule has 0 bridgehead atoms. The Balaban J connectivity index is 2.21. The Hall–Kier alpha value is -2.30. The second-order valence-corrected chi connectivity index (χ2v) is 5.61. The van der Waals surface area contributed by atoms with Gasteiger partial charge in [0.1, 0.15) is 0 Å². The summed E-state index contributed by atoms with van der Waals surface area (Å²) < 4.78 is 0. The first kappa shape index (κ1) is 17.1. The van der Waals surface area contributed by atoms with Crippen LogP contribution in [0.2, 0.25) is 10.0 Å². The number of rotatable bonds is 4. The molecule has 0 saturated heterocycles. The van der Waals surface area contributed by atoms with Crippen LogP contribution < -0.4 is 5.32 Å². The predicted molar refractivity (Wildman–Crippen MR) is 92.1 cm³/mol. The van der Waals surface area contributed by atoms with Crippen molar-refractivity contribution in [2.75, 3.05) is 5.32 Å². The lowest BCUT2D eigenvalue weighted by Gasteiger charge is -2.07. The van der Waals surface area contributed by atoms with E-state index in [2.05, 4.69) is 5.32 Å². The Morgan fingerprint density at radius 1 is 1.09 bits per heavy atom. The lowest BCUT2D eigenvalue weighted by atomic mass is 10.1. The third-order valence-corrected chi connectivity index (χ3v) is 3.88. The molecule has 1 amide bonds. The number of hydrogen-bond donors (Lipinski definition) is 2. The summed E-state index contributed by atoms with van der Waals surface area (Å²) in [6, 6.07) is 11.3. The molecule has 0 heterocycles. The highest BCUT2D eigenvalue weighted by molar-refractivity contribution is 6.42. The Morgan fingerprint density at radius 2 is 1.78 bits per heavy atom. The van der Waals surface area contributed by atoms with Gasteiger partial charge in [0.25, 0.3) is 0 Å². The van der Waals surface area contributed by atoms with Gasteiger partial charge < -0.3 is 10.4 Å². The fraction of sp³-hybridized carbons (Fsp3) is 0.0588. The molecule has 2 aromatic rings. The molecule has 0 aromatic heterocycles. The molecule has 0 aliphatic rings. The molecule has 118 valence electrons. The molecule has 6 heteroatoms.